The molecule has 2 rings (SSSR count). The van der Waals surface area contributed by atoms with Crippen molar-refractivity contribution in [3.8, 4) is 0 Å². The molecule has 3 unspecified atom stereocenters. The van der Waals surface area contributed by atoms with Gasteiger partial charge in [0.2, 0.25) is 0 Å². The second-order valence-corrected chi connectivity index (χ2v) is 4.12. The fraction of sp³-hybridized carbons (Fsp3) is 0.889. The van der Waals surface area contributed by atoms with Gasteiger partial charge in [0.25, 0.3) is 0 Å². The second kappa shape index (κ2) is 2.31. The minimum atomic E-state index is 0.360. The third kappa shape index (κ3) is 1.00. The summed E-state index contributed by atoms with van der Waals surface area (Å²) < 4.78 is 0. The highest BCUT2D eigenvalue weighted by Gasteiger charge is 2.43. The van der Waals surface area contributed by atoms with Crippen LogP contribution in [0.1, 0.15) is 13.3 Å². The third-order valence-electron chi connectivity index (χ3n) is 3.31. The predicted molar refractivity (Wildman–Crippen MR) is 43.3 cm³/mol. The maximum Gasteiger partial charge on any atom is 0.137 e. The summed E-state index contributed by atoms with van der Waals surface area (Å²) in [5.41, 5.74) is 0. The molecule has 0 aromatic carbocycles. The molecule has 2 bridgehead atoms. The monoisotopic (exact) mass is 153 g/mol. The van der Waals surface area contributed by atoms with Gasteiger partial charge in [-0.3, -0.25) is 4.79 Å². The topological polar surface area (TPSA) is 20.3 Å². The Bertz CT molecular complexity index is 190. The molecule has 2 aliphatic rings. The molecule has 2 fully saturated rings. The van der Waals surface area contributed by atoms with Crippen molar-refractivity contribution in [2.75, 3.05) is 20.1 Å². The SMILES string of the molecule is CC1C2CC(=O)C1CN(C)C2. The maximum atomic E-state index is 11.4. The first kappa shape index (κ1) is 7.29. The molecule has 62 valence electrons. The van der Waals surface area contributed by atoms with Crippen molar-refractivity contribution in [1.29, 1.82) is 0 Å². The Morgan fingerprint density at radius 3 is 2.82 bits per heavy atom. The fourth-order valence-corrected chi connectivity index (χ4v) is 2.53. The number of carbonyl (C=O) groups is 1. The van der Waals surface area contributed by atoms with Crippen LogP contribution < -0.4 is 0 Å². The van der Waals surface area contributed by atoms with E-state index in [1.54, 1.807) is 0 Å². The first-order chi connectivity index (χ1) is 5.18. The summed E-state index contributed by atoms with van der Waals surface area (Å²) in [4.78, 5) is 13.7. The van der Waals surface area contributed by atoms with Crippen LogP contribution in [0.3, 0.4) is 0 Å². The summed E-state index contributed by atoms with van der Waals surface area (Å²) >= 11 is 0. The molecule has 0 amide bonds. The number of rotatable bonds is 0. The van der Waals surface area contributed by atoms with Crippen LogP contribution in [0, 0.1) is 17.8 Å². The summed E-state index contributed by atoms with van der Waals surface area (Å²) in [5, 5.41) is 0. The molecule has 3 atom stereocenters. The van der Waals surface area contributed by atoms with Crippen LogP contribution in [0.2, 0.25) is 0 Å². The van der Waals surface area contributed by atoms with Crippen LogP contribution in [-0.2, 0) is 4.79 Å². The number of fused-ring (bicyclic) bond motifs is 2. The van der Waals surface area contributed by atoms with Gasteiger partial charge in [0, 0.05) is 25.4 Å². The number of Topliss-reactive ketones (excluding diaryl/α,β-unsaturated/α-hetero) is 1. The van der Waals surface area contributed by atoms with E-state index in [0.717, 1.165) is 19.5 Å². The molecule has 2 nitrogen and oxygen atoms in total. The van der Waals surface area contributed by atoms with Crippen molar-refractivity contribution in [3.63, 3.8) is 0 Å². The lowest BCUT2D eigenvalue weighted by atomic mass is 9.87. The zero-order valence-electron chi connectivity index (χ0n) is 7.21. The molecule has 0 N–H and O–H groups in total. The molecule has 0 aromatic heterocycles. The molecule has 2 heteroatoms. The van der Waals surface area contributed by atoms with E-state index in [4.69, 9.17) is 0 Å². The van der Waals surface area contributed by atoms with E-state index < -0.39 is 0 Å². The smallest absolute Gasteiger partial charge is 0.137 e. The van der Waals surface area contributed by atoms with E-state index >= 15 is 0 Å². The molecule has 1 aliphatic carbocycles. The molecule has 0 aromatic rings. The van der Waals surface area contributed by atoms with E-state index in [2.05, 4.69) is 18.9 Å². The summed E-state index contributed by atoms with van der Waals surface area (Å²) in [5.74, 6) is 2.18. The number of ketones is 1. The lowest BCUT2D eigenvalue weighted by molar-refractivity contribution is -0.121. The van der Waals surface area contributed by atoms with E-state index in [9.17, 15) is 4.79 Å². The summed E-state index contributed by atoms with van der Waals surface area (Å²) in [6.07, 6.45) is 0.843. The molecule has 1 aliphatic heterocycles. The molecule has 1 saturated heterocycles. The molecule has 11 heavy (non-hydrogen) atoms. The highest BCUT2D eigenvalue weighted by Crippen LogP contribution is 2.38. The van der Waals surface area contributed by atoms with Crippen molar-refractivity contribution in [2.45, 2.75) is 13.3 Å². The normalized spacial score (nSPS) is 44.9. The Balaban J connectivity index is 2.20. The van der Waals surface area contributed by atoms with Crippen LogP contribution in [0.4, 0.5) is 0 Å². The van der Waals surface area contributed by atoms with Crippen LogP contribution in [0.15, 0.2) is 0 Å². The van der Waals surface area contributed by atoms with Gasteiger partial charge in [0.15, 0.2) is 0 Å². The van der Waals surface area contributed by atoms with E-state index in [-0.39, 0.29) is 0 Å². The van der Waals surface area contributed by atoms with Gasteiger partial charge in [-0.25, -0.2) is 0 Å². The third-order valence-corrected chi connectivity index (χ3v) is 3.31. The van der Waals surface area contributed by atoms with Crippen LogP contribution >= 0.6 is 0 Å². The Labute approximate surface area is 67.6 Å². The lowest BCUT2D eigenvalue weighted by Crippen LogP contribution is -2.39. The number of hydrogen-bond acceptors (Lipinski definition) is 2. The summed E-state index contributed by atoms with van der Waals surface area (Å²) in [7, 11) is 2.12. The molecule has 1 saturated carbocycles. The van der Waals surface area contributed by atoms with Gasteiger partial charge in [-0.05, 0) is 18.9 Å². The van der Waals surface area contributed by atoms with Gasteiger partial charge >= 0.3 is 0 Å². The van der Waals surface area contributed by atoms with Crippen molar-refractivity contribution in [1.82, 2.24) is 4.90 Å². The van der Waals surface area contributed by atoms with Crippen LogP contribution in [0.25, 0.3) is 0 Å². The number of likely N-dealkylation sites (tertiary alicyclic amines) is 1. The average Bonchev–Trinajstić information content (AvgIpc) is 2.17. The van der Waals surface area contributed by atoms with E-state index in [1.807, 2.05) is 0 Å². The fourth-order valence-electron chi connectivity index (χ4n) is 2.53. The van der Waals surface area contributed by atoms with Crippen LogP contribution in [0.5, 0.6) is 0 Å². The quantitative estimate of drug-likeness (QED) is 0.512. The lowest BCUT2D eigenvalue weighted by Gasteiger charge is -2.32. The number of carbonyl (C=O) groups excluding carboxylic acids is 1. The second-order valence-electron chi connectivity index (χ2n) is 4.12. The van der Waals surface area contributed by atoms with Crippen molar-refractivity contribution in [2.24, 2.45) is 17.8 Å². The number of nitrogens with zero attached hydrogens (tertiary/aromatic N) is 1. The van der Waals surface area contributed by atoms with Crippen molar-refractivity contribution < 1.29 is 4.79 Å². The van der Waals surface area contributed by atoms with E-state index in [0.29, 0.717) is 23.5 Å². The summed E-state index contributed by atoms with van der Waals surface area (Å²) in [6, 6.07) is 0. The molecule has 0 spiro atoms. The van der Waals surface area contributed by atoms with Crippen molar-refractivity contribution in [3.05, 3.63) is 0 Å². The maximum absolute atomic E-state index is 11.4. The standard InChI is InChI=1S/C9H15NO/c1-6-7-3-9(11)8(6)5-10(2)4-7/h6-8H,3-5H2,1-2H3. The summed E-state index contributed by atoms with van der Waals surface area (Å²) in [6.45, 7) is 4.35. The predicted octanol–water partition coefficient (Wildman–Crippen LogP) is 0.773. The first-order valence-corrected chi connectivity index (χ1v) is 4.39. The minimum Gasteiger partial charge on any atom is -0.305 e. The largest absolute Gasteiger partial charge is 0.305 e. The zero-order valence-corrected chi connectivity index (χ0v) is 7.21. The first-order valence-electron chi connectivity index (χ1n) is 4.39. The highest BCUT2D eigenvalue weighted by atomic mass is 16.1. The zero-order chi connectivity index (χ0) is 8.01. The van der Waals surface area contributed by atoms with Gasteiger partial charge < -0.3 is 4.90 Å². The Morgan fingerprint density at radius 1 is 1.45 bits per heavy atom. The average molecular weight is 153 g/mol. The van der Waals surface area contributed by atoms with Gasteiger partial charge in [0.05, 0.1) is 0 Å². The minimum absolute atomic E-state index is 0.360. The van der Waals surface area contributed by atoms with Crippen LogP contribution in [-0.4, -0.2) is 30.8 Å². The Morgan fingerprint density at radius 2 is 2.18 bits per heavy atom. The van der Waals surface area contributed by atoms with Gasteiger partial charge in [-0.15, -0.1) is 0 Å². The van der Waals surface area contributed by atoms with Crippen molar-refractivity contribution >= 4 is 5.78 Å². The van der Waals surface area contributed by atoms with Gasteiger partial charge in [-0.1, -0.05) is 6.92 Å². The number of piperidine rings is 1. The molecule has 0 radical (unpaired) electrons. The Hall–Kier alpha value is -0.370. The van der Waals surface area contributed by atoms with Gasteiger partial charge in [-0.2, -0.15) is 0 Å². The Kier molecular flexibility index (Phi) is 1.53. The highest BCUT2D eigenvalue weighted by molar-refractivity contribution is 5.84. The molecular formula is C9H15NO. The van der Waals surface area contributed by atoms with E-state index in [1.165, 1.54) is 0 Å². The number of hydrogen-bond donors (Lipinski definition) is 0. The van der Waals surface area contributed by atoms with Gasteiger partial charge in [0.1, 0.15) is 5.78 Å². The molecular weight excluding hydrogens is 138 g/mol. The molecule has 1 heterocycles.